The highest BCUT2D eigenvalue weighted by atomic mass is 16.5. The van der Waals surface area contributed by atoms with Gasteiger partial charge in [0, 0.05) is 68.4 Å². The van der Waals surface area contributed by atoms with E-state index in [4.69, 9.17) is 4.74 Å². The molecule has 2 bridgehead atoms. The number of nitrogens with zero attached hydrogens (tertiary/aromatic N) is 3. The van der Waals surface area contributed by atoms with Crippen LogP contribution in [0.2, 0.25) is 0 Å². The van der Waals surface area contributed by atoms with Crippen LogP contribution in [-0.4, -0.2) is 65.6 Å². The second kappa shape index (κ2) is 7.48. The molecule has 0 radical (unpaired) electrons. The number of carbonyl (C=O) groups is 2. The number of aromatic nitrogens is 1. The summed E-state index contributed by atoms with van der Waals surface area (Å²) in [7, 11) is 1.70. The van der Waals surface area contributed by atoms with E-state index in [1.54, 1.807) is 7.11 Å². The van der Waals surface area contributed by atoms with E-state index in [1.807, 2.05) is 24.4 Å². The largest absolute Gasteiger partial charge is 0.383 e. The Balaban J connectivity index is 1.39. The Hall–Kier alpha value is -2.34. The van der Waals surface area contributed by atoms with E-state index in [2.05, 4.69) is 20.4 Å². The molecule has 2 aromatic rings. The number of amides is 2. The number of ether oxygens (including phenoxy) is 1. The van der Waals surface area contributed by atoms with Gasteiger partial charge in [0.15, 0.2) is 0 Å². The second-order valence-corrected chi connectivity index (χ2v) is 8.82. The van der Waals surface area contributed by atoms with E-state index < -0.39 is 0 Å². The Kier molecular flexibility index (Phi) is 4.82. The summed E-state index contributed by atoms with van der Waals surface area (Å²) in [6.07, 6.45) is 5.96. The monoisotopic (exact) mass is 395 g/mol. The highest BCUT2D eigenvalue weighted by Gasteiger charge is 2.44. The van der Waals surface area contributed by atoms with Crippen molar-refractivity contribution < 1.29 is 14.3 Å². The van der Waals surface area contributed by atoms with E-state index >= 15 is 0 Å². The molecule has 6 heteroatoms. The zero-order chi connectivity index (χ0) is 20.0. The van der Waals surface area contributed by atoms with Gasteiger partial charge in [-0.05, 0) is 49.3 Å². The van der Waals surface area contributed by atoms with Gasteiger partial charge in [0.25, 0.3) is 5.91 Å². The molecule has 3 unspecified atom stereocenters. The third-order valence-corrected chi connectivity index (χ3v) is 7.05. The predicted octanol–water partition coefficient (Wildman–Crippen LogP) is 2.76. The molecule has 5 rings (SSSR count). The Morgan fingerprint density at radius 3 is 2.97 bits per heavy atom. The number of methoxy groups -OCH3 is 1. The fourth-order valence-electron chi connectivity index (χ4n) is 5.74. The predicted molar refractivity (Wildman–Crippen MR) is 111 cm³/mol. The lowest BCUT2D eigenvalue weighted by atomic mass is 9.76. The van der Waals surface area contributed by atoms with Crippen LogP contribution in [0.3, 0.4) is 0 Å². The van der Waals surface area contributed by atoms with E-state index in [-0.39, 0.29) is 5.91 Å². The maximum absolute atomic E-state index is 13.5. The molecule has 1 aromatic heterocycles. The average molecular weight is 396 g/mol. The van der Waals surface area contributed by atoms with Crippen molar-refractivity contribution in [3.63, 3.8) is 0 Å². The van der Waals surface area contributed by atoms with Crippen molar-refractivity contribution in [3.05, 3.63) is 36.0 Å². The maximum Gasteiger partial charge on any atom is 0.254 e. The number of hydrogen-bond acceptors (Lipinski definition) is 3. The summed E-state index contributed by atoms with van der Waals surface area (Å²) >= 11 is 0. The number of likely N-dealkylation sites (tertiary alicyclic amines) is 1. The van der Waals surface area contributed by atoms with Crippen LogP contribution in [0.5, 0.6) is 0 Å². The molecule has 3 aliphatic heterocycles. The molecule has 3 fully saturated rings. The van der Waals surface area contributed by atoms with Gasteiger partial charge in [-0.2, -0.15) is 0 Å². The topological polar surface area (TPSA) is 54.8 Å². The molecular weight excluding hydrogens is 366 g/mol. The summed E-state index contributed by atoms with van der Waals surface area (Å²) in [5.41, 5.74) is 1.87. The van der Waals surface area contributed by atoms with Crippen molar-refractivity contribution in [1.82, 2.24) is 14.4 Å². The van der Waals surface area contributed by atoms with Crippen molar-refractivity contribution >= 4 is 22.7 Å². The third kappa shape index (κ3) is 3.23. The maximum atomic E-state index is 13.5. The minimum absolute atomic E-state index is 0.130. The van der Waals surface area contributed by atoms with Crippen molar-refractivity contribution in [1.29, 1.82) is 0 Å². The molecule has 0 saturated carbocycles. The summed E-state index contributed by atoms with van der Waals surface area (Å²) in [4.78, 5) is 30.0. The molecule has 154 valence electrons. The number of rotatable bonds is 4. The zero-order valence-corrected chi connectivity index (χ0v) is 17.0. The van der Waals surface area contributed by atoms with Crippen molar-refractivity contribution in [2.75, 3.05) is 33.4 Å². The van der Waals surface area contributed by atoms with Gasteiger partial charge in [-0.15, -0.1) is 0 Å². The van der Waals surface area contributed by atoms with Crippen LogP contribution in [0.1, 0.15) is 36.0 Å². The number of fused-ring (bicyclic) bond motifs is 5. The molecule has 29 heavy (non-hydrogen) atoms. The molecule has 4 heterocycles. The Morgan fingerprint density at radius 2 is 2.10 bits per heavy atom. The highest BCUT2D eigenvalue weighted by molar-refractivity contribution is 6.06. The second-order valence-electron chi connectivity index (χ2n) is 8.82. The lowest BCUT2D eigenvalue weighted by Gasteiger charge is -2.52. The Morgan fingerprint density at radius 1 is 1.21 bits per heavy atom. The van der Waals surface area contributed by atoms with Gasteiger partial charge >= 0.3 is 0 Å². The molecule has 3 saturated heterocycles. The fourth-order valence-corrected chi connectivity index (χ4v) is 5.74. The van der Waals surface area contributed by atoms with Crippen LogP contribution in [-0.2, 0) is 16.1 Å². The van der Waals surface area contributed by atoms with Gasteiger partial charge in [0.05, 0.1) is 6.61 Å². The first-order valence-electron chi connectivity index (χ1n) is 10.8. The smallest absolute Gasteiger partial charge is 0.254 e. The van der Waals surface area contributed by atoms with Crippen LogP contribution in [0.15, 0.2) is 30.5 Å². The van der Waals surface area contributed by atoms with Crippen molar-refractivity contribution in [2.45, 2.75) is 38.3 Å². The van der Waals surface area contributed by atoms with E-state index in [0.29, 0.717) is 36.8 Å². The molecule has 3 atom stereocenters. The van der Waals surface area contributed by atoms with Gasteiger partial charge in [0.1, 0.15) is 0 Å². The molecule has 6 nitrogen and oxygen atoms in total. The normalized spacial score (nSPS) is 26.7. The molecule has 0 spiro atoms. The van der Waals surface area contributed by atoms with Crippen LogP contribution in [0.25, 0.3) is 10.9 Å². The van der Waals surface area contributed by atoms with Crippen LogP contribution in [0.4, 0.5) is 0 Å². The summed E-state index contributed by atoms with van der Waals surface area (Å²) in [6, 6.07) is 8.37. The van der Waals surface area contributed by atoms with E-state index in [1.165, 1.54) is 0 Å². The lowest BCUT2D eigenvalue weighted by molar-refractivity contribution is -0.144. The summed E-state index contributed by atoms with van der Waals surface area (Å²) in [5.74, 6) is 1.27. The van der Waals surface area contributed by atoms with Crippen molar-refractivity contribution in [3.8, 4) is 0 Å². The van der Waals surface area contributed by atoms with Gasteiger partial charge in [-0.1, -0.05) is 6.07 Å². The Bertz CT molecular complexity index is 937. The average Bonchev–Trinajstić information content (AvgIpc) is 3.15. The molecular formula is C23H29N3O3. The van der Waals surface area contributed by atoms with Crippen LogP contribution in [0, 0.1) is 11.8 Å². The minimum atomic E-state index is 0.130. The number of benzene rings is 1. The highest BCUT2D eigenvalue weighted by Crippen LogP contribution is 2.38. The first-order valence-corrected chi connectivity index (χ1v) is 10.8. The first-order chi connectivity index (χ1) is 14.2. The van der Waals surface area contributed by atoms with Crippen LogP contribution < -0.4 is 0 Å². The zero-order valence-electron chi connectivity index (χ0n) is 17.0. The molecule has 1 aromatic carbocycles. The van der Waals surface area contributed by atoms with E-state index in [9.17, 15) is 9.59 Å². The van der Waals surface area contributed by atoms with Crippen molar-refractivity contribution in [2.24, 2.45) is 11.8 Å². The summed E-state index contributed by atoms with van der Waals surface area (Å²) in [6.45, 7) is 3.77. The molecule has 2 amide bonds. The number of piperidine rings is 3. The number of hydrogen-bond donors (Lipinski definition) is 0. The number of carbonyl (C=O) groups excluding carboxylic acids is 2. The summed E-state index contributed by atoms with van der Waals surface area (Å²) < 4.78 is 7.35. The van der Waals surface area contributed by atoms with Gasteiger partial charge in [-0.3, -0.25) is 9.59 Å². The minimum Gasteiger partial charge on any atom is -0.383 e. The van der Waals surface area contributed by atoms with Gasteiger partial charge < -0.3 is 19.1 Å². The summed E-state index contributed by atoms with van der Waals surface area (Å²) in [5, 5.41) is 1.01. The third-order valence-electron chi connectivity index (χ3n) is 7.05. The molecule has 0 N–H and O–H groups in total. The lowest BCUT2D eigenvalue weighted by Crippen LogP contribution is -2.61. The molecule has 0 aliphatic carbocycles. The SMILES string of the molecule is COCCn1ccc2c(C(=O)N3CC4CC(C3)C3CCCC(=O)N3C4)cccc21. The fraction of sp³-hybridized carbons (Fsp3) is 0.565. The van der Waals surface area contributed by atoms with E-state index in [0.717, 1.165) is 61.9 Å². The van der Waals surface area contributed by atoms with Crippen LogP contribution >= 0.6 is 0 Å². The van der Waals surface area contributed by atoms with Gasteiger partial charge in [0.2, 0.25) is 5.91 Å². The Labute approximate surface area is 171 Å². The first kappa shape index (κ1) is 18.7. The van der Waals surface area contributed by atoms with Gasteiger partial charge in [-0.25, -0.2) is 0 Å². The quantitative estimate of drug-likeness (QED) is 0.800. The molecule has 3 aliphatic rings. The standard InChI is InChI=1S/C23H29N3O3/c1-29-11-10-24-9-8-18-19(4-2-6-21(18)24)23(28)25-13-16-12-17(15-25)20-5-3-7-22(27)26(20)14-16/h2,4,6,8-9,16-17,20H,3,5,7,10-15H2,1H3.